The molecule has 210 valence electrons. The second-order valence-corrected chi connectivity index (χ2v) is 12.5. The van der Waals surface area contributed by atoms with Gasteiger partial charge >= 0.3 is 0 Å². The van der Waals surface area contributed by atoms with Gasteiger partial charge in [0.2, 0.25) is 10.0 Å². The average Bonchev–Trinajstić information content (AvgIpc) is 3.14. The number of ether oxygens (including phenoxy) is 4. The van der Waals surface area contributed by atoms with E-state index in [0.29, 0.717) is 54.2 Å². The molecule has 3 aliphatic rings. The molecule has 38 heavy (non-hydrogen) atoms. The number of hydrogen-bond donors (Lipinski definition) is 1. The van der Waals surface area contributed by atoms with Gasteiger partial charge in [-0.3, -0.25) is 9.62 Å². The van der Waals surface area contributed by atoms with Crippen molar-refractivity contribution >= 4 is 45.4 Å². The van der Waals surface area contributed by atoms with E-state index in [0.717, 1.165) is 62.4 Å². The van der Waals surface area contributed by atoms with Crippen molar-refractivity contribution in [2.75, 3.05) is 68.4 Å². The Hall–Kier alpha value is -2.27. The first kappa shape index (κ1) is 28.7. The SMILES string of the molecule is CC1(C)Cc2cc(NS(C)(=O)=O)cc(OCCCN3CCN(c4cc(Cl)cc5c4OCCO5)CC3)c2O1.Cl. The fraction of sp³-hybridized carbons (Fsp3) is 0.538. The van der Waals surface area contributed by atoms with Crippen molar-refractivity contribution in [1.29, 1.82) is 0 Å². The van der Waals surface area contributed by atoms with Gasteiger partial charge in [0, 0.05) is 61.9 Å². The molecule has 5 rings (SSSR count). The highest BCUT2D eigenvalue weighted by Gasteiger charge is 2.33. The predicted molar refractivity (Wildman–Crippen MR) is 152 cm³/mol. The van der Waals surface area contributed by atoms with E-state index < -0.39 is 10.0 Å². The van der Waals surface area contributed by atoms with E-state index in [1.807, 2.05) is 32.0 Å². The number of anilines is 2. The summed E-state index contributed by atoms with van der Waals surface area (Å²) in [7, 11) is -3.39. The lowest BCUT2D eigenvalue weighted by molar-refractivity contribution is 0.131. The van der Waals surface area contributed by atoms with Crippen LogP contribution < -0.4 is 28.6 Å². The Morgan fingerprint density at radius 1 is 1.05 bits per heavy atom. The summed E-state index contributed by atoms with van der Waals surface area (Å²) in [6.45, 7) is 10.1. The van der Waals surface area contributed by atoms with Crippen molar-refractivity contribution in [3.63, 3.8) is 0 Å². The van der Waals surface area contributed by atoms with Crippen LogP contribution in [-0.4, -0.2) is 77.7 Å². The number of benzene rings is 2. The van der Waals surface area contributed by atoms with Gasteiger partial charge in [-0.05, 0) is 32.4 Å². The maximum atomic E-state index is 11.8. The zero-order valence-electron chi connectivity index (χ0n) is 21.9. The summed E-state index contributed by atoms with van der Waals surface area (Å²) >= 11 is 6.33. The van der Waals surface area contributed by atoms with Crippen molar-refractivity contribution in [3.05, 3.63) is 34.9 Å². The van der Waals surface area contributed by atoms with Crippen LogP contribution in [0.5, 0.6) is 23.0 Å². The number of nitrogens with zero attached hydrogens (tertiary/aromatic N) is 2. The van der Waals surface area contributed by atoms with Crippen LogP contribution in [0.1, 0.15) is 25.8 Å². The van der Waals surface area contributed by atoms with Crippen LogP contribution in [0.15, 0.2) is 24.3 Å². The van der Waals surface area contributed by atoms with E-state index in [1.54, 1.807) is 6.07 Å². The lowest BCUT2D eigenvalue weighted by Crippen LogP contribution is -2.47. The standard InChI is InChI=1S/C26H34ClN3O6S.ClH/c1-26(2)17-18-13-20(28-37(3,31)32)16-23(24(18)36-26)33-10-4-5-29-6-8-30(9-7-29)21-14-19(27)15-22-25(21)35-12-11-34-22;/h13-16,28H,4-12,17H2,1-3H3;1H. The van der Waals surface area contributed by atoms with E-state index in [1.165, 1.54) is 0 Å². The van der Waals surface area contributed by atoms with Crippen LogP contribution in [0.3, 0.4) is 0 Å². The minimum absolute atomic E-state index is 0. The van der Waals surface area contributed by atoms with Crippen molar-refractivity contribution in [1.82, 2.24) is 4.90 Å². The third kappa shape index (κ3) is 6.83. The van der Waals surface area contributed by atoms with E-state index in [2.05, 4.69) is 14.5 Å². The van der Waals surface area contributed by atoms with Gasteiger partial charge in [-0.15, -0.1) is 12.4 Å². The minimum Gasteiger partial charge on any atom is -0.490 e. The molecule has 0 bridgehead atoms. The normalized spacial score (nSPS) is 18.3. The fourth-order valence-corrected chi connectivity index (χ4v) is 5.83. The quantitative estimate of drug-likeness (QED) is 0.459. The Bertz CT molecular complexity index is 1270. The van der Waals surface area contributed by atoms with Gasteiger partial charge in [0.15, 0.2) is 23.0 Å². The van der Waals surface area contributed by atoms with Crippen molar-refractivity contribution in [2.45, 2.75) is 32.3 Å². The molecule has 1 saturated heterocycles. The van der Waals surface area contributed by atoms with Crippen LogP contribution in [0.4, 0.5) is 11.4 Å². The first-order valence-electron chi connectivity index (χ1n) is 12.6. The summed E-state index contributed by atoms with van der Waals surface area (Å²) in [4.78, 5) is 4.72. The molecule has 3 aliphatic heterocycles. The van der Waals surface area contributed by atoms with Crippen LogP contribution in [0.2, 0.25) is 5.02 Å². The highest BCUT2D eigenvalue weighted by Crippen LogP contribution is 2.44. The molecule has 3 heterocycles. The number of halogens is 2. The molecule has 2 aromatic rings. The lowest BCUT2D eigenvalue weighted by atomic mass is 10.0. The van der Waals surface area contributed by atoms with E-state index >= 15 is 0 Å². The molecule has 9 nitrogen and oxygen atoms in total. The van der Waals surface area contributed by atoms with Crippen LogP contribution in [0.25, 0.3) is 0 Å². The monoisotopic (exact) mass is 587 g/mol. The number of sulfonamides is 1. The molecular formula is C26H35Cl2N3O6S. The summed E-state index contributed by atoms with van der Waals surface area (Å²) < 4.78 is 49.9. The molecule has 2 aromatic carbocycles. The number of hydrogen-bond acceptors (Lipinski definition) is 8. The third-order valence-corrected chi connectivity index (χ3v) is 7.43. The Morgan fingerprint density at radius 3 is 2.53 bits per heavy atom. The Morgan fingerprint density at radius 2 is 1.79 bits per heavy atom. The van der Waals surface area contributed by atoms with Crippen LogP contribution in [0, 0.1) is 0 Å². The van der Waals surface area contributed by atoms with Gasteiger partial charge in [-0.25, -0.2) is 8.42 Å². The molecule has 0 saturated carbocycles. The van der Waals surface area contributed by atoms with Gasteiger partial charge < -0.3 is 23.8 Å². The topological polar surface area (TPSA) is 89.6 Å². The number of nitrogens with one attached hydrogen (secondary N) is 1. The Kier molecular flexibility index (Phi) is 8.66. The maximum absolute atomic E-state index is 11.8. The van der Waals surface area contributed by atoms with Gasteiger partial charge in [-0.1, -0.05) is 11.6 Å². The molecule has 1 fully saturated rings. The maximum Gasteiger partial charge on any atom is 0.229 e. The van der Waals surface area contributed by atoms with Crippen molar-refractivity contribution < 1.29 is 27.4 Å². The van der Waals surface area contributed by atoms with E-state index in [9.17, 15) is 8.42 Å². The van der Waals surface area contributed by atoms with Gasteiger partial charge in [0.1, 0.15) is 18.8 Å². The molecule has 1 N–H and O–H groups in total. The van der Waals surface area contributed by atoms with Crippen molar-refractivity contribution in [3.8, 4) is 23.0 Å². The summed E-state index contributed by atoms with van der Waals surface area (Å²) in [5.41, 5.74) is 2.07. The predicted octanol–water partition coefficient (Wildman–Crippen LogP) is 4.21. The second-order valence-electron chi connectivity index (χ2n) is 10.4. The average molecular weight is 589 g/mol. The zero-order chi connectivity index (χ0) is 26.2. The van der Waals surface area contributed by atoms with E-state index in [4.69, 9.17) is 30.5 Å². The largest absolute Gasteiger partial charge is 0.490 e. The first-order chi connectivity index (χ1) is 17.6. The van der Waals surface area contributed by atoms with Gasteiger partial charge in [0.05, 0.1) is 24.2 Å². The lowest BCUT2D eigenvalue weighted by Gasteiger charge is -2.37. The summed E-state index contributed by atoms with van der Waals surface area (Å²) in [5.74, 6) is 2.77. The minimum atomic E-state index is -3.39. The molecule has 0 aromatic heterocycles. The van der Waals surface area contributed by atoms with Gasteiger partial charge in [0.25, 0.3) is 0 Å². The molecule has 0 atom stereocenters. The van der Waals surface area contributed by atoms with Gasteiger partial charge in [-0.2, -0.15) is 0 Å². The first-order valence-corrected chi connectivity index (χ1v) is 14.9. The highest BCUT2D eigenvalue weighted by atomic mass is 35.5. The molecule has 0 radical (unpaired) electrons. The third-order valence-electron chi connectivity index (χ3n) is 6.61. The van der Waals surface area contributed by atoms with Crippen LogP contribution >= 0.6 is 24.0 Å². The number of fused-ring (bicyclic) bond motifs is 2. The number of piperazine rings is 1. The number of rotatable bonds is 8. The Balaban J connectivity index is 0.00000336. The zero-order valence-corrected chi connectivity index (χ0v) is 24.3. The molecule has 0 unspecified atom stereocenters. The summed E-state index contributed by atoms with van der Waals surface area (Å²) in [6, 6.07) is 7.29. The molecular weight excluding hydrogens is 553 g/mol. The summed E-state index contributed by atoms with van der Waals surface area (Å²) in [5, 5.41) is 0.647. The smallest absolute Gasteiger partial charge is 0.229 e. The van der Waals surface area contributed by atoms with E-state index in [-0.39, 0.29) is 18.0 Å². The Labute approximate surface area is 235 Å². The molecule has 12 heteroatoms. The van der Waals surface area contributed by atoms with Crippen LogP contribution in [-0.2, 0) is 16.4 Å². The fourth-order valence-electron chi connectivity index (χ4n) is 5.08. The van der Waals surface area contributed by atoms with Crippen molar-refractivity contribution in [2.24, 2.45) is 0 Å². The molecule has 0 aliphatic carbocycles. The molecule has 0 spiro atoms. The second kappa shape index (κ2) is 11.5. The molecule has 0 amide bonds. The summed E-state index contributed by atoms with van der Waals surface area (Å²) in [6.07, 6.45) is 2.67. The highest BCUT2D eigenvalue weighted by molar-refractivity contribution is 7.92.